The second-order valence-electron chi connectivity index (χ2n) is 6.90. The molecule has 0 aromatic heterocycles. The summed E-state index contributed by atoms with van der Waals surface area (Å²) >= 11 is 0. The summed E-state index contributed by atoms with van der Waals surface area (Å²) < 4.78 is 0. The number of likely N-dealkylation sites (tertiary alicyclic amines) is 1. The molecule has 0 saturated carbocycles. The van der Waals surface area contributed by atoms with Crippen LogP contribution in [-0.2, 0) is 6.42 Å². The van der Waals surface area contributed by atoms with Gasteiger partial charge < -0.3 is 20.6 Å². The van der Waals surface area contributed by atoms with E-state index >= 15 is 0 Å². The number of rotatable bonds is 8. The Balaban J connectivity index is 1.71. The van der Waals surface area contributed by atoms with Gasteiger partial charge in [0.15, 0.2) is 0 Å². The second kappa shape index (κ2) is 10.4. The van der Waals surface area contributed by atoms with Crippen LogP contribution < -0.4 is 10.6 Å². The lowest BCUT2D eigenvalue weighted by molar-refractivity contribution is 0.185. The number of hydrogen-bond donors (Lipinski definition) is 3. The molecule has 1 saturated heterocycles. The zero-order valence-electron chi connectivity index (χ0n) is 15.6. The number of piperidine rings is 1. The Labute approximate surface area is 151 Å². The van der Waals surface area contributed by atoms with Crippen molar-refractivity contribution in [1.29, 1.82) is 0 Å². The summed E-state index contributed by atoms with van der Waals surface area (Å²) in [6.07, 6.45) is 4.45. The van der Waals surface area contributed by atoms with Crippen molar-refractivity contribution in [3.63, 3.8) is 0 Å². The topological polar surface area (TPSA) is 64.6 Å². The van der Waals surface area contributed by atoms with Gasteiger partial charge in [0, 0.05) is 6.54 Å². The number of nitrogens with one attached hydrogen (secondary N) is 2. The molecular weight excluding hydrogens is 314 g/mol. The van der Waals surface area contributed by atoms with E-state index in [9.17, 15) is 9.90 Å². The molecule has 0 bridgehead atoms. The summed E-state index contributed by atoms with van der Waals surface area (Å²) in [5, 5.41) is 15.4. The average Bonchev–Trinajstić information content (AvgIpc) is 2.66. The number of amides is 2. The fourth-order valence-corrected chi connectivity index (χ4v) is 3.41. The quantitative estimate of drug-likeness (QED) is 0.677. The average molecular weight is 348 g/mol. The standard InChI is InChI=1S/C20H33N3O2/c1-3-16-5-7-18(8-6-16)19(15-24)22-20(25)21-12-9-17-10-13-23(4-2)14-11-17/h5-8,17,19,24H,3-4,9-15H2,1-2H3,(H2,21,22,25). The molecule has 1 atom stereocenters. The Morgan fingerprint density at radius 1 is 1.24 bits per heavy atom. The summed E-state index contributed by atoms with van der Waals surface area (Å²) in [4.78, 5) is 14.6. The molecule has 1 heterocycles. The normalized spacial score (nSPS) is 17.2. The molecule has 1 aliphatic heterocycles. The van der Waals surface area contributed by atoms with Crippen molar-refractivity contribution in [2.75, 3.05) is 32.8 Å². The van der Waals surface area contributed by atoms with Crippen molar-refractivity contribution < 1.29 is 9.90 Å². The number of benzene rings is 1. The maximum absolute atomic E-state index is 12.1. The number of aliphatic hydroxyl groups excluding tert-OH is 1. The molecule has 1 fully saturated rings. The van der Waals surface area contributed by atoms with E-state index in [0.29, 0.717) is 12.5 Å². The van der Waals surface area contributed by atoms with E-state index in [-0.39, 0.29) is 18.7 Å². The zero-order valence-corrected chi connectivity index (χ0v) is 15.6. The number of carbonyl (C=O) groups is 1. The molecule has 5 nitrogen and oxygen atoms in total. The molecule has 0 radical (unpaired) electrons. The fraction of sp³-hybridized carbons (Fsp3) is 0.650. The van der Waals surface area contributed by atoms with Gasteiger partial charge in [-0.2, -0.15) is 0 Å². The van der Waals surface area contributed by atoms with Gasteiger partial charge in [-0.1, -0.05) is 38.1 Å². The molecule has 2 amide bonds. The maximum atomic E-state index is 12.1. The Bertz CT molecular complexity index is 510. The van der Waals surface area contributed by atoms with Crippen LogP contribution in [0.25, 0.3) is 0 Å². The van der Waals surface area contributed by atoms with Gasteiger partial charge in [0.1, 0.15) is 0 Å². The van der Waals surface area contributed by atoms with Crippen molar-refractivity contribution in [1.82, 2.24) is 15.5 Å². The number of carbonyl (C=O) groups excluding carboxylic acids is 1. The van der Waals surface area contributed by atoms with Gasteiger partial charge in [-0.3, -0.25) is 0 Å². The summed E-state index contributed by atoms with van der Waals surface area (Å²) in [7, 11) is 0. The monoisotopic (exact) mass is 347 g/mol. The first-order valence-electron chi connectivity index (χ1n) is 9.62. The van der Waals surface area contributed by atoms with E-state index in [1.807, 2.05) is 24.3 Å². The smallest absolute Gasteiger partial charge is 0.315 e. The molecule has 140 valence electrons. The lowest BCUT2D eigenvalue weighted by Crippen LogP contribution is -2.40. The first-order chi connectivity index (χ1) is 12.2. The van der Waals surface area contributed by atoms with E-state index in [2.05, 4.69) is 29.4 Å². The highest BCUT2D eigenvalue weighted by Crippen LogP contribution is 2.19. The zero-order chi connectivity index (χ0) is 18.1. The van der Waals surface area contributed by atoms with Crippen LogP contribution in [0.15, 0.2) is 24.3 Å². The van der Waals surface area contributed by atoms with Gasteiger partial charge >= 0.3 is 6.03 Å². The Morgan fingerprint density at radius 2 is 1.92 bits per heavy atom. The number of urea groups is 1. The number of nitrogens with zero attached hydrogens (tertiary/aromatic N) is 1. The van der Waals surface area contributed by atoms with Crippen LogP contribution in [0.4, 0.5) is 4.79 Å². The van der Waals surface area contributed by atoms with Crippen LogP contribution in [0, 0.1) is 5.92 Å². The number of hydrogen-bond acceptors (Lipinski definition) is 3. The molecule has 1 aromatic rings. The van der Waals surface area contributed by atoms with Crippen LogP contribution in [0.3, 0.4) is 0 Å². The van der Waals surface area contributed by atoms with Gasteiger partial charge in [0.25, 0.3) is 0 Å². The van der Waals surface area contributed by atoms with Crippen LogP contribution in [0.1, 0.15) is 50.3 Å². The van der Waals surface area contributed by atoms with Crippen LogP contribution in [0.5, 0.6) is 0 Å². The van der Waals surface area contributed by atoms with E-state index in [4.69, 9.17) is 0 Å². The van der Waals surface area contributed by atoms with Crippen molar-refractivity contribution in [3.05, 3.63) is 35.4 Å². The largest absolute Gasteiger partial charge is 0.394 e. The first kappa shape index (κ1) is 19.7. The van der Waals surface area contributed by atoms with E-state index in [0.717, 1.165) is 24.9 Å². The van der Waals surface area contributed by atoms with Gasteiger partial charge in [-0.15, -0.1) is 0 Å². The Morgan fingerprint density at radius 3 is 2.48 bits per heavy atom. The number of aryl methyl sites for hydroxylation is 1. The third-order valence-electron chi connectivity index (χ3n) is 5.27. The summed E-state index contributed by atoms with van der Waals surface area (Å²) in [5.41, 5.74) is 2.18. The lowest BCUT2D eigenvalue weighted by atomic mass is 9.93. The predicted octanol–water partition coefficient (Wildman–Crippen LogP) is 2.70. The van der Waals surface area contributed by atoms with Crippen LogP contribution in [0.2, 0.25) is 0 Å². The summed E-state index contributed by atoms with van der Waals surface area (Å²) in [5.74, 6) is 0.707. The predicted molar refractivity (Wildman–Crippen MR) is 102 cm³/mol. The second-order valence-corrected chi connectivity index (χ2v) is 6.90. The number of aliphatic hydroxyl groups is 1. The maximum Gasteiger partial charge on any atom is 0.315 e. The molecular formula is C20H33N3O2. The first-order valence-corrected chi connectivity index (χ1v) is 9.62. The molecule has 25 heavy (non-hydrogen) atoms. The minimum absolute atomic E-state index is 0.103. The molecule has 5 heteroatoms. The molecule has 0 spiro atoms. The molecule has 0 aliphatic carbocycles. The lowest BCUT2D eigenvalue weighted by Gasteiger charge is -2.31. The highest BCUT2D eigenvalue weighted by Gasteiger charge is 2.18. The fourth-order valence-electron chi connectivity index (χ4n) is 3.41. The van der Waals surface area contributed by atoms with Crippen molar-refractivity contribution in [2.24, 2.45) is 5.92 Å². The Kier molecular flexibility index (Phi) is 8.22. The van der Waals surface area contributed by atoms with Gasteiger partial charge in [0.2, 0.25) is 0 Å². The van der Waals surface area contributed by atoms with Crippen molar-refractivity contribution >= 4 is 6.03 Å². The van der Waals surface area contributed by atoms with E-state index in [1.165, 1.54) is 31.5 Å². The summed E-state index contributed by atoms with van der Waals surface area (Å²) in [6.45, 7) is 8.39. The highest BCUT2D eigenvalue weighted by molar-refractivity contribution is 5.74. The molecule has 1 aliphatic rings. The van der Waals surface area contributed by atoms with E-state index < -0.39 is 0 Å². The minimum atomic E-state index is -0.362. The van der Waals surface area contributed by atoms with Gasteiger partial charge in [0.05, 0.1) is 12.6 Å². The van der Waals surface area contributed by atoms with Crippen LogP contribution in [-0.4, -0.2) is 48.8 Å². The highest BCUT2D eigenvalue weighted by atomic mass is 16.3. The summed E-state index contributed by atoms with van der Waals surface area (Å²) in [6, 6.07) is 7.46. The van der Waals surface area contributed by atoms with Gasteiger partial charge in [-0.05, 0) is 62.4 Å². The van der Waals surface area contributed by atoms with E-state index in [1.54, 1.807) is 0 Å². The van der Waals surface area contributed by atoms with Gasteiger partial charge in [-0.25, -0.2) is 4.79 Å². The Hall–Kier alpha value is -1.59. The SMILES string of the molecule is CCc1ccc(C(CO)NC(=O)NCCC2CCN(CC)CC2)cc1. The minimum Gasteiger partial charge on any atom is -0.394 e. The molecule has 1 unspecified atom stereocenters. The van der Waals surface area contributed by atoms with Crippen molar-refractivity contribution in [2.45, 2.75) is 45.6 Å². The molecule has 1 aromatic carbocycles. The third kappa shape index (κ3) is 6.33. The molecule has 3 N–H and O–H groups in total. The van der Waals surface area contributed by atoms with Crippen LogP contribution >= 0.6 is 0 Å². The molecule has 2 rings (SSSR count). The third-order valence-corrected chi connectivity index (χ3v) is 5.27. The van der Waals surface area contributed by atoms with Crippen molar-refractivity contribution in [3.8, 4) is 0 Å².